The highest BCUT2D eigenvalue weighted by Gasteiger charge is 2.14. The van der Waals surface area contributed by atoms with Gasteiger partial charge in [0.2, 0.25) is 0 Å². The van der Waals surface area contributed by atoms with E-state index >= 15 is 0 Å². The molecule has 2 aromatic heterocycles. The molecule has 0 aliphatic heterocycles. The Balaban J connectivity index is 1.36. The fraction of sp³-hybridized carbons (Fsp3) is 0.583. The van der Waals surface area contributed by atoms with Crippen molar-refractivity contribution in [3.05, 3.63) is 67.0 Å². The smallest absolute Gasteiger partial charge is 0.136 e. The maximum atomic E-state index is 6.51. The quantitative estimate of drug-likeness (QED) is 0.0653. The molecule has 2 aliphatic rings. The third kappa shape index (κ3) is 15.4. The van der Waals surface area contributed by atoms with Gasteiger partial charge in [-0.2, -0.15) is 0 Å². The van der Waals surface area contributed by atoms with Crippen LogP contribution < -0.4 is 9.47 Å². The van der Waals surface area contributed by atoms with Gasteiger partial charge >= 0.3 is 0 Å². The predicted molar refractivity (Wildman–Crippen MR) is 234 cm³/mol. The molecular weight excluding hydrogens is 701 g/mol. The largest absolute Gasteiger partial charge is 0.492 e. The van der Waals surface area contributed by atoms with Crippen LogP contribution in [-0.2, 0) is 0 Å². The summed E-state index contributed by atoms with van der Waals surface area (Å²) < 4.78 is 13.0. The molecule has 3 aromatic rings. The summed E-state index contributed by atoms with van der Waals surface area (Å²) in [6.45, 7) is 5.86. The Morgan fingerprint density at radius 3 is 1.37 bits per heavy atom. The Hall–Kier alpha value is -3.32. The van der Waals surface area contributed by atoms with E-state index in [1.807, 2.05) is 0 Å². The monoisotopic (exact) mass is 764 g/mol. The summed E-state index contributed by atoms with van der Waals surface area (Å²) in [5.74, 6) is 15.4. The molecule has 0 atom stereocenters. The number of unbranched alkanes of at least 4 members (excludes halogenated alkanes) is 10. The molecule has 2 aliphatic carbocycles. The summed E-state index contributed by atoms with van der Waals surface area (Å²) in [4.78, 5) is 14.2. The Morgan fingerprint density at radius 1 is 0.537 bits per heavy atom. The lowest BCUT2D eigenvalue weighted by Gasteiger charge is -2.16. The van der Waals surface area contributed by atoms with Crippen molar-refractivity contribution in [2.75, 3.05) is 13.2 Å². The Bertz CT molecular complexity index is 1570. The summed E-state index contributed by atoms with van der Waals surface area (Å²) in [5.41, 5.74) is 1.71. The van der Waals surface area contributed by atoms with Gasteiger partial charge in [0.05, 0.1) is 34.1 Å². The van der Waals surface area contributed by atoms with Crippen LogP contribution in [0.3, 0.4) is 0 Å². The van der Waals surface area contributed by atoms with Crippen LogP contribution in [0.5, 0.6) is 11.5 Å². The van der Waals surface area contributed by atoms with Gasteiger partial charge in [-0.05, 0) is 62.8 Å². The molecule has 1 aromatic carbocycles. The van der Waals surface area contributed by atoms with Gasteiger partial charge in [0, 0.05) is 46.4 Å². The van der Waals surface area contributed by atoms with E-state index < -0.39 is 0 Å². The van der Waals surface area contributed by atoms with E-state index in [-0.39, 0.29) is 0 Å². The first-order valence-electron chi connectivity index (χ1n) is 21.4. The Kier molecular flexibility index (Phi) is 19.3. The highest BCUT2D eigenvalue weighted by atomic mass is 32.1. The second-order valence-corrected chi connectivity index (χ2v) is 17.4. The van der Waals surface area contributed by atoms with Gasteiger partial charge in [-0.3, -0.25) is 9.98 Å². The van der Waals surface area contributed by atoms with E-state index in [0.29, 0.717) is 25.3 Å². The number of hydrogen-bond donors (Lipinski definition) is 0. The van der Waals surface area contributed by atoms with Crippen LogP contribution in [0.1, 0.15) is 186 Å². The van der Waals surface area contributed by atoms with Gasteiger partial charge in [-0.15, -0.1) is 22.7 Å². The van der Waals surface area contributed by atoms with Crippen LogP contribution >= 0.6 is 22.7 Å². The molecule has 290 valence electrons. The van der Waals surface area contributed by atoms with E-state index in [4.69, 9.17) is 19.5 Å². The van der Waals surface area contributed by atoms with E-state index in [1.54, 1.807) is 22.7 Å². The number of hydrogen-bond acceptors (Lipinski definition) is 6. The molecule has 2 heterocycles. The summed E-state index contributed by atoms with van der Waals surface area (Å²) in [7, 11) is 0. The Morgan fingerprint density at radius 2 is 0.944 bits per heavy atom. The van der Waals surface area contributed by atoms with Crippen molar-refractivity contribution in [1.29, 1.82) is 0 Å². The molecule has 0 bridgehead atoms. The first kappa shape index (κ1) is 41.8. The lowest BCUT2D eigenvalue weighted by atomic mass is 9.96. The number of thiophene rings is 2. The molecule has 0 unspecified atom stereocenters. The number of nitrogens with zero attached hydrogens (tertiary/aromatic N) is 2. The first-order chi connectivity index (χ1) is 26.7. The lowest BCUT2D eigenvalue weighted by molar-refractivity contribution is 0.295. The number of aliphatic imine (C=N–C) groups is 2. The lowest BCUT2D eigenvalue weighted by Crippen LogP contribution is -2.09. The molecule has 2 fully saturated rings. The van der Waals surface area contributed by atoms with Crippen molar-refractivity contribution in [2.45, 2.75) is 167 Å². The second-order valence-electron chi connectivity index (χ2n) is 15.1. The van der Waals surface area contributed by atoms with Gasteiger partial charge in [0.1, 0.15) is 11.5 Å². The molecule has 0 saturated heterocycles. The standard InChI is InChI=1S/C48H64N2O2S2/c1-3-5-7-9-11-19-33-51-47-35-40(26-28-44-30-32-46(54-44)38-50-42-23-17-14-18-24-42)48(52-34-20-12-10-8-6-4-2)36-39(47)25-27-43-29-31-45(53-43)37-49-41-21-15-13-16-22-41/h29-32,35-38,41-42H,3-24,33-34H2,1-2H3. The molecular formula is C48H64N2O2S2. The molecule has 0 spiro atoms. The molecule has 0 amide bonds. The van der Waals surface area contributed by atoms with Crippen molar-refractivity contribution >= 4 is 35.1 Å². The SMILES string of the molecule is CCCCCCCCOc1cc(C#Cc2ccc(C=NC3CCCCC3)s2)c(OCCCCCCCC)cc1C#Cc1ccc(C=NC2CCCCC2)s1. The van der Waals surface area contributed by atoms with Gasteiger partial charge in [-0.1, -0.05) is 140 Å². The summed E-state index contributed by atoms with van der Waals surface area (Å²) in [6.07, 6.45) is 31.5. The van der Waals surface area contributed by atoms with Crippen LogP contribution in [-0.4, -0.2) is 37.7 Å². The minimum absolute atomic E-state index is 0.472. The number of rotatable bonds is 20. The van der Waals surface area contributed by atoms with Crippen molar-refractivity contribution in [1.82, 2.24) is 0 Å². The Labute approximate surface area is 335 Å². The molecule has 54 heavy (non-hydrogen) atoms. The summed E-state index contributed by atoms with van der Waals surface area (Å²) in [6, 6.07) is 13.6. The molecule has 0 N–H and O–H groups in total. The molecule has 6 heteroatoms. The first-order valence-corrected chi connectivity index (χ1v) is 23.1. The highest BCUT2D eigenvalue weighted by Crippen LogP contribution is 2.30. The van der Waals surface area contributed by atoms with Crippen molar-refractivity contribution in [2.24, 2.45) is 9.98 Å². The second kappa shape index (κ2) is 25.0. The third-order valence-corrected chi connectivity index (χ3v) is 12.3. The zero-order valence-corrected chi connectivity index (χ0v) is 34.9. The minimum atomic E-state index is 0.472. The van der Waals surface area contributed by atoms with Crippen molar-refractivity contribution in [3.63, 3.8) is 0 Å². The average Bonchev–Trinajstić information content (AvgIpc) is 3.88. The van der Waals surface area contributed by atoms with E-state index in [1.165, 1.54) is 128 Å². The molecule has 4 nitrogen and oxygen atoms in total. The predicted octanol–water partition coefficient (Wildman–Crippen LogP) is 13.6. The fourth-order valence-electron chi connectivity index (χ4n) is 7.18. The van der Waals surface area contributed by atoms with Crippen LogP contribution in [0.4, 0.5) is 0 Å². The van der Waals surface area contributed by atoms with Crippen LogP contribution in [0.2, 0.25) is 0 Å². The molecule has 0 radical (unpaired) electrons. The van der Waals surface area contributed by atoms with E-state index in [2.05, 4.69) is 86.4 Å². The van der Waals surface area contributed by atoms with Crippen molar-refractivity contribution in [3.8, 4) is 35.2 Å². The van der Waals surface area contributed by atoms with Crippen molar-refractivity contribution < 1.29 is 9.47 Å². The van der Waals surface area contributed by atoms with Crippen LogP contribution in [0, 0.1) is 23.7 Å². The minimum Gasteiger partial charge on any atom is -0.492 e. The zero-order valence-electron chi connectivity index (χ0n) is 33.3. The van der Waals surface area contributed by atoms with E-state index in [9.17, 15) is 0 Å². The maximum Gasteiger partial charge on any atom is 0.136 e. The topological polar surface area (TPSA) is 43.2 Å². The molecule has 2 saturated carbocycles. The fourth-order valence-corrected chi connectivity index (χ4v) is 8.66. The summed E-state index contributed by atoms with van der Waals surface area (Å²) >= 11 is 3.41. The van der Waals surface area contributed by atoms with Gasteiger partial charge in [0.25, 0.3) is 0 Å². The average molecular weight is 765 g/mol. The number of benzene rings is 1. The van der Waals surface area contributed by atoms with Crippen LogP contribution in [0.15, 0.2) is 46.4 Å². The van der Waals surface area contributed by atoms with Crippen LogP contribution in [0.25, 0.3) is 0 Å². The van der Waals surface area contributed by atoms with Gasteiger partial charge in [-0.25, -0.2) is 0 Å². The van der Waals surface area contributed by atoms with E-state index in [0.717, 1.165) is 55.0 Å². The summed E-state index contributed by atoms with van der Waals surface area (Å²) in [5, 5.41) is 0. The zero-order chi connectivity index (χ0) is 37.5. The van der Waals surface area contributed by atoms with Gasteiger partial charge < -0.3 is 9.47 Å². The van der Waals surface area contributed by atoms with Gasteiger partial charge in [0.15, 0.2) is 0 Å². The molecule has 5 rings (SSSR count). The third-order valence-electron chi connectivity index (χ3n) is 10.5. The normalized spacial score (nSPS) is 15.3. The number of ether oxygens (including phenoxy) is 2. The maximum absolute atomic E-state index is 6.51. The highest BCUT2D eigenvalue weighted by molar-refractivity contribution is 7.14.